The summed E-state index contributed by atoms with van der Waals surface area (Å²) in [5.74, 6) is -2.21. The van der Waals surface area contributed by atoms with Gasteiger partial charge in [0.25, 0.3) is 5.91 Å². The fourth-order valence-corrected chi connectivity index (χ4v) is 2.54. The zero-order chi connectivity index (χ0) is 22.3. The highest BCUT2D eigenvalue weighted by atomic mass is 35.5. The van der Waals surface area contributed by atoms with Crippen LogP contribution in [0.1, 0.15) is 18.4 Å². The van der Waals surface area contributed by atoms with Crippen LogP contribution in [0.4, 0.5) is 24.5 Å². The number of ether oxygens (including phenoxy) is 1. The standard InChI is InChI=1S/C19H15Cl2F3N2O4/c20-12-3-1-2-4-14(12)25-17(28)10-30-18(29)8-7-16(27)26-15-9-11(19(22,23)24)5-6-13(15)21/h1-6,9H,7-8,10H2,(H,25,28)(H,26,27). The van der Waals surface area contributed by atoms with Crippen molar-refractivity contribution >= 4 is 52.4 Å². The van der Waals surface area contributed by atoms with E-state index in [2.05, 4.69) is 10.6 Å². The first-order valence-corrected chi connectivity index (χ1v) is 9.18. The van der Waals surface area contributed by atoms with Crippen LogP contribution in [0.15, 0.2) is 42.5 Å². The first-order chi connectivity index (χ1) is 14.1. The Hall–Kier alpha value is -2.78. The zero-order valence-corrected chi connectivity index (χ0v) is 16.7. The summed E-state index contributed by atoms with van der Waals surface area (Å²) < 4.78 is 43.0. The van der Waals surface area contributed by atoms with Crippen LogP contribution in [0.3, 0.4) is 0 Å². The van der Waals surface area contributed by atoms with E-state index >= 15 is 0 Å². The van der Waals surface area contributed by atoms with Crippen molar-refractivity contribution in [1.29, 1.82) is 0 Å². The molecule has 0 saturated carbocycles. The van der Waals surface area contributed by atoms with Gasteiger partial charge in [0, 0.05) is 6.42 Å². The maximum Gasteiger partial charge on any atom is 0.416 e. The van der Waals surface area contributed by atoms with Gasteiger partial charge in [0.05, 0.1) is 33.4 Å². The molecule has 2 N–H and O–H groups in total. The number of carbonyl (C=O) groups is 3. The molecule has 0 saturated heterocycles. The molecule has 0 aliphatic heterocycles. The summed E-state index contributed by atoms with van der Waals surface area (Å²) in [6.45, 7) is -0.592. The highest BCUT2D eigenvalue weighted by Gasteiger charge is 2.31. The average Bonchev–Trinajstić information content (AvgIpc) is 2.67. The van der Waals surface area contributed by atoms with Crippen LogP contribution in [0.2, 0.25) is 10.0 Å². The lowest BCUT2D eigenvalue weighted by Crippen LogP contribution is -2.22. The lowest BCUT2D eigenvalue weighted by Gasteiger charge is -2.11. The van der Waals surface area contributed by atoms with Crippen molar-refractivity contribution in [3.8, 4) is 0 Å². The molecule has 0 heterocycles. The lowest BCUT2D eigenvalue weighted by atomic mass is 10.2. The molecule has 2 rings (SSSR count). The van der Waals surface area contributed by atoms with Crippen LogP contribution in [-0.4, -0.2) is 24.4 Å². The molecule has 2 aromatic carbocycles. The molecule has 2 aromatic rings. The van der Waals surface area contributed by atoms with Crippen LogP contribution < -0.4 is 10.6 Å². The Bertz CT molecular complexity index is 952. The second-order valence-electron chi connectivity index (χ2n) is 5.93. The first-order valence-electron chi connectivity index (χ1n) is 8.43. The van der Waals surface area contributed by atoms with Crippen LogP contribution in [0.5, 0.6) is 0 Å². The van der Waals surface area contributed by atoms with Gasteiger partial charge in [-0.2, -0.15) is 13.2 Å². The van der Waals surface area contributed by atoms with Crippen LogP contribution in [-0.2, 0) is 25.3 Å². The van der Waals surface area contributed by atoms with Gasteiger partial charge in [-0.05, 0) is 30.3 Å². The second kappa shape index (κ2) is 10.3. The van der Waals surface area contributed by atoms with Crippen molar-refractivity contribution < 1.29 is 32.3 Å². The number of hydrogen-bond donors (Lipinski definition) is 2. The quantitative estimate of drug-likeness (QED) is 0.572. The highest BCUT2D eigenvalue weighted by Crippen LogP contribution is 2.33. The van der Waals surface area contributed by atoms with Gasteiger partial charge < -0.3 is 15.4 Å². The van der Waals surface area contributed by atoms with Crippen molar-refractivity contribution in [1.82, 2.24) is 0 Å². The largest absolute Gasteiger partial charge is 0.456 e. The SMILES string of the molecule is O=C(CCC(=O)OCC(=O)Nc1ccccc1Cl)Nc1cc(C(F)(F)F)ccc1Cl. The molecule has 160 valence electrons. The Morgan fingerprint density at radius 2 is 1.50 bits per heavy atom. The van der Waals surface area contributed by atoms with Crippen LogP contribution >= 0.6 is 23.2 Å². The fraction of sp³-hybridized carbons (Fsp3) is 0.211. The fourth-order valence-electron chi connectivity index (χ4n) is 2.19. The molecule has 0 radical (unpaired) electrons. The smallest absolute Gasteiger partial charge is 0.416 e. The van der Waals surface area contributed by atoms with Gasteiger partial charge in [-0.1, -0.05) is 35.3 Å². The molecular formula is C19H15Cl2F3N2O4. The average molecular weight is 463 g/mol. The predicted molar refractivity (Wildman–Crippen MR) is 105 cm³/mol. The molecule has 11 heteroatoms. The number of halogens is 5. The van der Waals surface area contributed by atoms with Gasteiger partial charge in [-0.3, -0.25) is 14.4 Å². The number of alkyl halides is 3. The van der Waals surface area contributed by atoms with Gasteiger partial charge in [-0.15, -0.1) is 0 Å². The van der Waals surface area contributed by atoms with E-state index in [4.69, 9.17) is 27.9 Å². The molecule has 30 heavy (non-hydrogen) atoms. The highest BCUT2D eigenvalue weighted by molar-refractivity contribution is 6.34. The summed E-state index contributed by atoms with van der Waals surface area (Å²) in [4.78, 5) is 35.4. The number of rotatable bonds is 7. The molecule has 0 spiro atoms. The summed E-state index contributed by atoms with van der Waals surface area (Å²) in [6, 6.07) is 8.94. The minimum atomic E-state index is -4.60. The number of nitrogens with one attached hydrogen (secondary N) is 2. The molecule has 0 fully saturated rings. The van der Waals surface area contributed by atoms with E-state index in [1.165, 1.54) is 0 Å². The maximum absolute atomic E-state index is 12.7. The predicted octanol–water partition coefficient (Wildman–Crippen LogP) is 4.91. The monoisotopic (exact) mass is 462 g/mol. The van der Waals surface area contributed by atoms with E-state index in [1.807, 2.05) is 0 Å². The molecule has 0 bridgehead atoms. The van der Waals surface area contributed by atoms with Crippen LogP contribution in [0.25, 0.3) is 0 Å². The van der Waals surface area contributed by atoms with Crippen molar-refractivity contribution in [2.45, 2.75) is 19.0 Å². The number of amides is 2. The second-order valence-corrected chi connectivity index (χ2v) is 6.74. The van der Waals surface area contributed by atoms with Crippen molar-refractivity contribution in [2.24, 2.45) is 0 Å². The first kappa shape index (κ1) is 23.5. The normalized spacial score (nSPS) is 11.0. The molecule has 0 atom stereocenters. The van der Waals surface area contributed by atoms with Crippen molar-refractivity contribution in [3.05, 3.63) is 58.1 Å². The summed E-state index contributed by atoms with van der Waals surface area (Å²) in [7, 11) is 0. The van der Waals surface area contributed by atoms with E-state index in [0.29, 0.717) is 16.8 Å². The number of carbonyl (C=O) groups excluding carboxylic acids is 3. The minimum Gasteiger partial charge on any atom is -0.456 e. The van der Waals surface area contributed by atoms with Crippen LogP contribution in [0, 0.1) is 0 Å². The van der Waals surface area contributed by atoms with Gasteiger partial charge in [0.1, 0.15) is 0 Å². The van der Waals surface area contributed by atoms with Gasteiger partial charge in [0.2, 0.25) is 5.91 Å². The van der Waals surface area contributed by atoms with Gasteiger partial charge in [0.15, 0.2) is 6.61 Å². The van der Waals surface area contributed by atoms with Gasteiger partial charge >= 0.3 is 12.1 Å². The zero-order valence-electron chi connectivity index (χ0n) is 15.2. The van der Waals surface area contributed by atoms with E-state index in [1.54, 1.807) is 24.3 Å². The van der Waals surface area contributed by atoms with Crippen molar-refractivity contribution in [3.63, 3.8) is 0 Å². The molecule has 0 aromatic heterocycles. The topological polar surface area (TPSA) is 84.5 Å². The third-order valence-electron chi connectivity index (χ3n) is 3.64. The van der Waals surface area contributed by atoms with Crippen molar-refractivity contribution in [2.75, 3.05) is 17.2 Å². The molecule has 2 amide bonds. The Labute approximate surface area is 179 Å². The van der Waals surface area contributed by atoms with E-state index < -0.39 is 36.1 Å². The molecule has 0 aliphatic rings. The van der Waals surface area contributed by atoms with E-state index in [-0.39, 0.29) is 23.6 Å². The summed E-state index contributed by atoms with van der Waals surface area (Å²) in [5, 5.41) is 4.88. The Balaban J connectivity index is 1.79. The number of esters is 1. The van der Waals surface area contributed by atoms with E-state index in [0.717, 1.165) is 12.1 Å². The number of para-hydroxylation sites is 1. The maximum atomic E-state index is 12.7. The number of anilines is 2. The molecule has 6 nitrogen and oxygen atoms in total. The molecule has 0 unspecified atom stereocenters. The third-order valence-corrected chi connectivity index (χ3v) is 4.30. The number of benzene rings is 2. The summed E-state index contributed by atoms with van der Waals surface area (Å²) in [5.41, 5.74) is -0.868. The molecule has 0 aliphatic carbocycles. The lowest BCUT2D eigenvalue weighted by molar-refractivity contribution is -0.147. The minimum absolute atomic E-state index is 0.0878. The number of hydrogen-bond acceptors (Lipinski definition) is 4. The Morgan fingerprint density at radius 1 is 0.867 bits per heavy atom. The summed E-state index contributed by atoms with van der Waals surface area (Å²) >= 11 is 11.7. The summed E-state index contributed by atoms with van der Waals surface area (Å²) in [6.07, 6.45) is -5.36. The van der Waals surface area contributed by atoms with Gasteiger partial charge in [-0.25, -0.2) is 0 Å². The molecular weight excluding hydrogens is 448 g/mol. The third kappa shape index (κ3) is 7.23. The van der Waals surface area contributed by atoms with E-state index in [9.17, 15) is 27.6 Å². The Kier molecular flexibility index (Phi) is 8.08. The Morgan fingerprint density at radius 3 is 2.17 bits per heavy atom.